The second-order valence-electron chi connectivity index (χ2n) is 9.64. The first-order valence-electron chi connectivity index (χ1n) is 12.3. The average Bonchev–Trinajstić information content (AvgIpc) is 2.91. The molecule has 0 aromatic heterocycles. The monoisotopic (exact) mass is 636 g/mol. The Morgan fingerprint density at radius 2 is 1.12 bits per heavy atom. The summed E-state index contributed by atoms with van der Waals surface area (Å²) in [6.07, 6.45) is -24.4. The number of aliphatic hydroxyl groups is 10. The number of phosphoric ester groups is 1. The SMILES string of the molecule is O=P(O)(O)OCC1OC(CCOC2OC(CO)C(OC3OC(CO)C(O)C(O)C3O)C(O)C2O)C(O)C(O)C1O.[NaH]. The van der Waals surface area contributed by atoms with E-state index in [9.17, 15) is 55.6 Å². The molecule has 15 unspecified atom stereocenters. The molecular weight excluding hydrogens is 598 g/mol. The Labute approximate surface area is 255 Å². The van der Waals surface area contributed by atoms with E-state index in [4.69, 9.17) is 33.5 Å². The van der Waals surface area contributed by atoms with E-state index in [0.29, 0.717) is 0 Å². The van der Waals surface area contributed by atoms with E-state index in [2.05, 4.69) is 4.52 Å². The Morgan fingerprint density at radius 1 is 0.610 bits per heavy atom. The van der Waals surface area contributed by atoms with Crippen molar-refractivity contribution in [1.82, 2.24) is 0 Å². The summed E-state index contributed by atoms with van der Waals surface area (Å²) in [6.45, 7) is -2.70. The van der Waals surface area contributed by atoms with Crippen LogP contribution in [-0.2, 0) is 32.8 Å². The van der Waals surface area contributed by atoms with Crippen molar-refractivity contribution in [2.24, 2.45) is 0 Å². The minimum absolute atomic E-state index is 0. The zero-order valence-electron chi connectivity index (χ0n) is 20.9. The quantitative estimate of drug-likeness (QED) is 0.0740. The van der Waals surface area contributed by atoms with Crippen molar-refractivity contribution in [1.29, 1.82) is 0 Å². The third-order valence-electron chi connectivity index (χ3n) is 6.86. The topological polar surface area (TPSA) is 315 Å². The standard InChI is InChI=1S/C20H37O19P.Na.H/c21-3-7-11(24)14(27)16(29)20(37-7)39-18-8(4-22)38-19(17(30)15(18)28)34-2-1-6-10(23)13(26)12(25)9(36-6)5-35-40(31,32)33;;/h6-30H,1-5H2,(H2,31,32,33);;. The minimum atomic E-state index is -4.92. The first-order chi connectivity index (χ1) is 18.7. The van der Waals surface area contributed by atoms with Crippen molar-refractivity contribution in [3.63, 3.8) is 0 Å². The molecule has 0 radical (unpaired) electrons. The molecule has 0 bridgehead atoms. The molecule has 3 saturated heterocycles. The van der Waals surface area contributed by atoms with Crippen molar-refractivity contribution in [2.45, 2.75) is 98.4 Å². The van der Waals surface area contributed by atoms with Gasteiger partial charge in [0.15, 0.2) is 12.6 Å². The molecule has 238 valence electrons. The van der Waals surface area contributed by atoms with Gasteiger partial charge in [-0.3, -0.25) is 4.52 Å². The van der Waals surface area contributed by atoms with E-state index in [-0.39, 0.29) is 42.6 Å². The molecule has 12 N–H and O–H groups in total. The number of aliphatic hydroxyl groups excluding tert-OH is 10. The molecule has 0 aromatic carbocycles. The van der Waals surface area contributed by atoms with Crippen LogP contribution in [0, 0.1) is 0 Å². The fraction of sp³-hybridized carbons (Fsp3) is 1.00. The maximum absolute atomic E-state index is 10.9. The number of ether oxygens (including phenoxy) is 5. The van der Waals surface area contributed by atoms with Crippen molar-refractivity contribution in [3.8, 4) is 0 Å². The molecule has 3 aliphatic rings. The van der Waals surface area contributed by atoms with Gasteiger partial charge in [0.2, 0.25) is 0 Å². The Bertz CT molecular complexity index is 834. The van der Waals surface area contributed by atoms with Crippen LogP contribution in [0.2, 0.25) is 0 Å². The molecule has 3 heterocycles. The second-order valence-corrected chi connectivity index (χ2v) is 10.9. The fourth-order valence-corrected chi connectivity index (χ4v) is 4.91. The Kier molecular flexibility index (Phi) is 14.9. The molecule has 19 nitrogen and oxygen atoms in total. The predicted octanol–water partition coefficient (Wildman–Crippen LogP) is -7.67. The van der Waals surface area contributed by atoms with Crippen LogP contribution in [-0.4, -0.2) is 209 Å². The van der Waals surface area contributed by atoms with Gasteiger partial charge in [-0.15, -0.1) is 0 Å². The van der Waals surface area contributed by atoms with Gasteiger partial charge in [0.1, 0.15) is 73.2 Å². The Balaban J connectivity index is 0.00000588. The molecule has 0 amide bonds. The van der Waals surface area contributed by atoms with Crippen molar-refractivity contribution < 1.29 is 93.6 Å². The average molecular weight is 636 g/mol. The molecule has 3 aliphatic heterocycles. The van der Waals surface area contributed by atoms with E-state index in [1.807, 2.05) is 0 Å². The molecule has 0 saturated carbocycles. The molecule has 0 spiro atoms. The maximum atomic E-state index is 10.9. The molecule has 15 atom stereocenters. The van der Waals surface area contributed by atoms with Crippen LogP contribution in [0.25, 0.3) is 0 Å². The summed E-state index contributed by atoms with van der Waals surface area (Å²) in [6, 6.07) is 0. The summed E-state index contributed by atoms with van der Waals surface area (Å²) in [5, 5.41) is 101. The molecular formula is C20H38NaO19P. The summed E-state index contributed by atoms with van der Waals surface area (Å²) >= 11 is 0. The second kappa shape index (κ2) is 16.2. The van der Waals surface area contributed by atoms with Gasteiger partial charge >= 0.3 is 37.4 Å². The predicted molar refractivity (Wildman–Crippen MR) is 129 cm³/mol. The van der Waals surface area contributed by atoms with Gasteiger partial charge in [0.05, 0.1) is 32.5 Å². The summed E-state index contributed by atoms with van der Waals surface area (Å²) in [4.78, 5) is 17.7. The van der Waals surface area contributed by atoms with Gasteiger partial charge in [-0.25, -0.2) is 4.57 Å². The third kappa shape index (κ3) is 9.27. The summed E-state index contributed by atoms with van der Waals surface area (Å²) in [7, 11) is -4.92. The third-order valence-corrected chi connectivity index (χ3v) is 7.35. The van der Waals surface area contributed by atoms with E-state index in [1.54, 1.807) is 0 Å². The van der Waals surface area contributed by atoms with Crippen molar-refractivity contribution >= 4 is 37.4 Å². The number of phosphoric acid groups is 1. The van der Waals surface area contributed by atoms with Gasteiger partial charge in [-0.2, -0.15) is 0 Å². The fourth-order valence-electron chi connectivity index (χ4n) is 4.57. The zero-order valence-corrected chi connectivity index (χ0v) is 21.8. The van der Waals surface area contributed by atoms with E-state index >= 15 is 0 Å². The normalized spacial score (nSPS) is 45.7. The Hall–Kier alpha value is 0.510. The number of rotatable bonds is 11. The van der Waals surface area contributed by atoms with Gasteiger partial charge in [-0.05, 0) is 6.42 Å². The summed E-state index contributed by atoms with van der Waals surface area (Å²) in [5.41, 5.74) is 0. The van der Waals surface area contributed by atoms with Crippen LogP contribution in [0.1, 0.15) is 6.42 Å². The first kappa shape index (κ1) is 37.7. The molecule has 41 heavy (non-hydrogen) atoms. The van der Waals surface area contributed by atoms with Crippen LogP contribution in [0.4, 0.5) is 0 Å². The zero-order chi connectivity index (χ0) is 29.9. The summed E-state index contributed by atoms with van der Waals surface area (Å²) < 4.78 is 42.1. The van der Waals surface area contributed by atoms with Gasteiger partial charge in [0, 0.05) is 0 Å². The Morgan fingerprint density at radius 3 is 1.71 bits per heavy atom. The van der Waals surface area contributed by atoms with Crippen LogP contribution >= 0.6 is 7.82 Å². The molecule has 0 aliphatic carbocycles. The van der Waals surface area contributed by atoms with E-state index < -0.39 is 120 Å². The van der Waals surface area contributed by atoms with E-state index in [0.717, 1.165) is 0 Å². The van der Waals surface area contributed by atoms with Gasteiger partial charge < -0.3 is 84.5 Å². The molecule has 3 rings (SSSR count). The van der Waals surface area contributed by atoms with Crippen LogP contribution < -0.4 is 0 Å². The van der Waals surface area contributed by atoms with Crippen molar-refractivity contribution in [2.75, 3.05) is 26.4 Å². The molecule has 0 aromatic rings. The van der Waals surface area contributed by atoms with Crippen LogP contribution in [0.5, 0.6) is 0 Å². The van der Waals surface area contributed by atoms with E-state index in [1.165, 1.54) is 0 Å². The molecule has 21 heteroatoms. The molecule has 3 fully saturated rings. The van der Waals surface area contributed by atoms with Gasteiger partial charge in [0.25, 0.3) is 0 Å². The summed E-state index contributed by atoms with van der Waals surface area (Å²) in [5.74, 6) is 0. The van der Waals surface area contributed by atoms with Crippen molar-refractivity contribution in [3.05, 3.63) is 0 Å². The number of hydrogen-bond acceptors (Lipinski definition) is 17. The van der Waals surface area contributed by atoms with Crippen LogP contribution in [0.15, 0.2) is 0 Å². The van der Waals surface area contributed by atoms with Crippen LogP contribution in [0.3, 0.4) is 0 Å². The van der Waals surface area contributed by atoms with Gasteiger partial charge in [-0.1, -0.05) is 0 Å². The first-order valence-corrected chi connectivity index (χ1v) is 13.8. The number of hydrogen-bond donors (Lipinski definition) is 12.